The van der Waals surface area contributed by atoms with Crippen LogP contribution in [0.3, 0.4) is 0 Å². The number of nitrogens with two attached hydrogens (primary N) is 1. The summed E-state index contributed by atoms with van der Waals surface area (Å²) in [5.74, 6) is -2.45. The Morgan fingerprint density at radius 3 is 2.85 bits per heavy atom. The van der Waals surface area contributed by atoms with Crippen molar-refractivity contribution in [3.8, 4) is 23.2 Å². The van der Waals surface area contributed by atoms with Gasteiger partial charge in [-0.15, -0.1) is 11.3 Å². The van der Waals surface area contributed by atoms with Crippen LogP contribution >= 0.6 is 22.9 Å². The maximum absolute atomic E-state index is 16.9. The Morgan fingerprint density at radius 2 is 2.07 bits per heavy atom. The molecule has 46 heavy (non-hydrogen) atoms. The van der Waals surface area contributed by atoms with Crippen LogP contribution < -0.4 is 15.4 Å². The number of nitrogen functional groups attached to an aromatic ring is 1. The summed E-state index contributed by atoms with van der Waals surface area (Å²) < 4.78 is 52.4. The Balaban J connectivity index is 1.38. The first-order valence-corrected chi connectivity index (χ1v) is 16.4. The summed E-state index contributed by atoms with van der Waals surface area (Å²) in [5, 5.41) is 20.0. The van der Waals surface area contributed by atoms with E-state index in [0.29, 0.717) is 56.5 Å². The molecule has 0 radical (unpaired) electrons. The molecule has 7 rings (SSSR count). The Kier molecular flexibility index (Phi) is 7.85. The molecule has 5 heterocycles. The number of ether oxygens (including phenoxy) is 1. The van der Waals surface area contributed by atoms with Crippen molar-refractivity contribution in [1.82, 2.24) is 14.9 Å². The molecule has 240 valence electrons. The molecule has 4 aromatic rings. The number of thiophene rings is 1. The Bertz CT molecular complexity index is 1940. The van der Waals surface area contributed by atoms with E-state index in [-0.39, 0.29) is 54.9 Å². The van der Waals surface area contributed by atoms with E-state index in [9.17, 15) is 23.9 Å². The fraction of sp³-hybridized carbons (Fsp3) is 0.438. The van der Waals surface area contributed by atoms with Gasteiger partial charge in [0.25, 0.3) is 0 Å². The largest absolute Gasteiger partial charge is 0.481 e. The van der Waals surface area contributed by atoms with Gasteiger partial charge in [-0.2, -0.15) is 15.2 Å². The lowest BCUT2D eigenvalue weighted by Gasteiger charge is -2.31. The van der Waals surface area contributed by atoms with Crippen LogP contribution in [-0.2, 0) is 4.79 Å². The predicted molar refractivity (Wildman–Crippen MR) is 170 cm³/mol. The van der Waals surface area contributed by atoms with Gasteiger partial charge >= 0.3 is 12.0 Å². The van der Waals surface area contributed by atoms with Crippen LogP contribution in [0.2, 0.25) is 5.02 Å². The summed E-state index contributed by atoms with van der Waals surface area (Å²) >= 11 is 7.68. The number of alkyl halides is 1. The highest BCUT2D eigenvalue weighted by Gasteiger charge is 2.49. The molecule has 2 aromatic carbocycles. The molecule has 3 fully saturated rings. The lowest BCUT2D eigenvalue weighted by Crippen LogP contribution is -2.43. The van der Waals surface area contributed by atoms with Gasteiger partial charge < -0.3 is 20.5 Å². The monoisotopic (exact) mass is 670 g/mol. The van der Waals surface area contributed by atoms with Crippen molar-refractivity contribution >= 4 is 60.7 Å². The zero-order valence-electron chi connectivity index (χ0n) is 24.7. The molecular formula is C32H30ClF3N6O3S. The van der Waals surface area contributed by atoms with Gasteiger partial charge in [-0.25, -0.2) is 13.2 Å². The second-order valence-corrected chi connectivity index (χ2v) is 13.8. The van der Waals surface area contributed by atoms with E-state index in [4.69, 9.17) is 27.1 Å². The van der Waals surface area contributed by atoms with Crippen molar-refractivity contribution in [2.45, 2.75) is 50.2 Å². The third-order valence-corrected chi connectivity index (χ3v) is 11.0. The molecule has 3 N–H and O–H groups in total. The van der Waals surface area contributed by atoms with Crippen molar-refractivity contribution in [3.63, 3.8) is 0 Å². The highest BCUT2D eigenvalue weighted by Crippen LogP contribution is 2.46. The number of aromatic nitrogens is 2. The number of fused-ring (bicyclic) bond motifs is 3. The van der Waals surface area contributed by atoms with Gasteiger partial charge in [0.05, 0.1) is 26.7 Å². The minimum absolute atomic E-state index is 0.0104. The van der Waals surface area contributed by atoms with E-state index in [1.165, 1.54) is 18.2 Å². The molecule has 3 saturated heterocycles. The molecule has 3 aliphatic heterocycles. The summed E-state index contributed by atoms with van der Waals surface area (Å²) in [7, 11) is 0. The molecule has 0 aliphatic carbocycles. The minimum Gasteiger partial charge on any atom is -0.481 e. The van der Waals surface area contributed by atoms with E-state index >= 15 is 4.39 Å². The van der Waals surface area contributed by atoms with Crippen LogP contribution in [0.25, 0.3) is 32.1 Å². The number of nitrogens with zero attached hydrogens (tertiary/aromatic N) is 5. The van der Waals surface area contributed by atoms with E-state index < -0.39 is 35.2 Å². The Hall–Kier alpha value is -3.86. The fourth-order valence-electron chi connectivity index (χ4n) is 7.42. The third-order valence-electron chi connectivity index (χ3n) is 9.65. The molecule has 0 spiro atoms. The van der Waals surface area contributed by atoms with Crippen LogP contribution in [0.1, 0.15) is 44.1 Å². The van der Waals surface area contributed by atoms with Crippen LogP contribution in [0.15, 0.2) is 18.2 Å². The standard InChI is InChI=1S/C32H30ClF3N6O3S/c33-21-11-19-26(25(36)24(21)18-4-5-22(35)27-23(18)20(13-37)28(38)46-27)39-31(45-15-32-7-2-9-42(32)14-17(34)12-32)40-29(19)41-8-1-3-16(6-10-41)30(43)44/h4-5,11,16-17H,1-3,6-10,12,14-15,38H2,(H,43,44)/t16?,17-,32+/m1/s1. The molecule has 1 unspecified atom stereocenters. The van der Waals surface area contributed by atoms with Crippen LogP contribution in [0.5, 0.6) is 6.01 Å². The normalized spacial score (nSPS) is 23.5. The second-order valence-electron chi connectivity index (χ2n) is 12.3. The van der Waals surface area contributed by atoms with Crippen molar-refractivity contribution in [2.75, 3.05) is 43.4 Å². The first-order chi connectivity index (χ1) is 22.1. The molecule has 14 heteroatoms. The summed E-state index contributed by atoms with van der Waals surface area (Å²) in [6.45, 7) is 2.05. The number of rotatable bonds is 6. The van der Waals surface area contributed by atoms with Crippen LogP contribution in [0, 0.1) is 28.9 Å². The number of carboxylic acid groups (broad SMARTS) is 1. The van der Waals surface area contributed by atoms with Gasteiger partial charge in [-0.3, -0.25) is 9.69 Å². The Labute approximate surface area is 271 Å². The molecule has 3 atom stereocenters. The lowest BCUT2D eigenvalue weighted by atomic mass is 9.95. The smallest absolute Gasteiger partial charge is 0.319 e. The van der Waals surface area contributed by atoms with Gasteiger partial charge in [0.15, 0.2) is 5.82 Å². The molecule has 0 bridgehead atoms. The number of carboxylic acids is 1. The SMILES string of the molecule is N#Cc1c(N)sc2c(F)ccc(-c3c(Cl)cc4c(N5CCCC(C(=O)O)CC5)nc(OC[C@@]56CCCN5C[C@H](F)C6)nc4c3F)c12. The van der Waals surface area contributed by atoms with Crippen molar-refractivity contribution in [3.05, 3.63) is 40.4 Å². The first-order valence-electron chi connectivity index (χ1n) is 15.2. The highest BCUT2D eigenvalue weighted by atomic mass is 35.5. The van der Waals surface area contributed by atoms with E-state index in [1.807, 2.05) is 11.0 Å². The summed E-state index contributed by atoms with van der Waals surface area (Å²) in [6.07, 6.45) is 2.48. The van der Waals surface area contributed by atoms with Gasteiger partial charge in [-0.05, 0) is 56.3 Å². The maximum Gasteiger partial charge on any atom is 0.319 e. The van der Waals surface area contributed by atoms with E-state index in [1.54, 1.807) is 0 Å². The van der Waals surface area contributed by atoms with E-state index in [0.717, 1.165) is 30.7 Å². The topological polar surface area (TPSA) is 129 Å². The second kappa shape index (κ2) is 11.7. The zero-order valence-corrected chi connectivity index (χ0v) is 26.2. The number of anilines is 2. The number of nitriles is 1. The molecule has 0 amide bonds. The minimum atomic E-state index is -0.963. The molecule has 3 aliphatic rings. The average Bonchev–Trinajstić information content (AvgIpc) is 3.58. The van der Waals surface area contributed by atoms with E-state index in [2.05, 4.69) is 9.88 Å². The predicted octanol–water partition coefficient (Wildman–Crippen LogP) is 6.54. The molecular weight excluding hydrogens is 641 g/mol. The number of hydrogen-bond acceptors (Lipinski definition) is 9. The molecule has 9 nitrogen and oxygen atoms in total. The lowest BCUT2D eigenvalue weighted by molar-refractivity contribution is -0.142. The van der Waals surface area contributed by atoms with Gasteiger partial charge in [-0.1, -0.05) is 17.7 Å². The zero-order chi connectivity index (χ0) is 32.3. The van der Waals surface area contributed by atoms with Crippen LogP contribution in [0.4, 0.5) is 24.0 Å². The summed E-state index contributed by atoms with van der Waals surface area (Å²) in [5.41, 5.74) is 5.57. The fourth-order valence-corrected chi connectivity index (χ4v) is 8.67. The number of hydrogen-bond donors (Lipinski definition) is 2. The Morgan fingerprint density at radius 1 is 1.24 bits per heavy atom. The van der Waals surface area contributed by atoms with Crippen molar-refractivity contribution in [2.24, 2.45) is 5.92 Å². The van der Waals surface area contributed by atoms with Crippen molar-refractivity contribution < 1.29 is 27.8 Å². The highest BCUT2D eigenvalue weighted by molar-refractivity contribution is 7.23. The maximum atomic E-state index is 16.9. The number of aliphatic carboxylic acids is 1. The quantitative estimate of drug-likeness (QED) is 0.235. The van der Waals surface area contributed by atoms with Gasteiger partial charge in [0.1, 0.15) is 41.0 Å². The van der Waals surface area contributed by atoms with Crippen LogP contribution in [-0.4, -0.2) is 70.4 Å². The third kappa shape index (κ3) is 5.07. The summed E-state index contributed by atoms with van der Waals surface area (Å²) in [4.78, 5) is 24.9. The number of benzene rings is 2. The van der Waals surface area contributed by atoms with Gasteiger partial charge in [0, 0.05) is 42.4 Å². The van der Waals surface area contributed by atoms with Crippen molar-refractivity contribution in [1.29, 1.82) is 5.26 Å². The molecule has 2 aromatic heterocycles. The number of halogens is 4. The first kappa shape index (κ1) is 30.8. The molecule has 0 saturated carbocycles. The average molecular weight is 671 g/mol. The number of carbonyl (C=O) groups is 1. The summed E-state index contributed by atoms with van der Waals surface area (Å²) in [6, 6.07) is 5.98. The van der Waals surface area contributed by atoms with Gasteiger partial charge in [0.2, 0.25) is 0 Å².